The van der Waals surface area contributed by atoms with Gasteiger partial charge in [0.25, 0.3) is 0 Å². The number of nitrogens with zero attached hydrogens (tertiary/aromatic N) is 2. The molecule has 0 aromatic carbocycles. The van der Waals surface area contributed by atoms with Gasteiger partial charge in [0.1, 0.15) is 11.6 Å². The molecule has 2 rings (SSSR count). The minimum Gasteiger partial charge on any atom is -0.373 e. The van der Waals surface area contributed by atoms with Crippen molar-refractivity contribution >= 4 is 17.0 Å². The second-order valence-corrected chi connectivity index (χ2v) is 5.68. The predicted octanol–water partition coefficient (Wildman–Crippen LogP) is 1.92. The summed E-state index contributed by atoms with van der Waals surface area (Å²) in [7, 11) is 1.84. The first-order valence-corrected chi connectivity index (χ1v) is 6.19. The molecule has 18 heavy (non-hydrogen) atoms. The summed E-state index contributed by atoms with van der Waals surface area (Å²) in [6.45, 7) is 6.41. The molecule has 0 amide bonds. The van der Waals surface area contributed by atoms with Crippen molar-refractivity contribution in [1.82, 2.24) is 15.0 Å². The molecule has 2 aromatic heterocycles. The zero-order chi connectivity index (χ0) is 13.3. The summed E-state index contributed by atoms with van der Waals surface area (Å²) in [6.07, 6.45) is 0.731. The fraction of sp³-hybridized carbons (Fsp3) is 0.538. The van der Waals surface area contributed by atoms with E-state index in [9.17, 15) is 0 Å². The number of H-pyrrole nitrogens is 1. The third-order valence-corrected chi connectivity index (χ3v) is 3.18. The van der Waals surface area contributed by atoms with Gasteiger partial charge in [0.15, 0.2) is 5.65 Å². The number of fused-ring (bicyclic) bond motifs is 1. The van der Waals surface area contributed by atoms with Crippen molar-refractivity contribution < 1.29 is 0 Å². The number of nitrogens with two attached hydrogens (primary N) is 1. The van der Waals surface area contributed by atoms with Gasteiger partial charge in [-0.15, -0.1) is 0 Å². The number of hydrogen-bond donors (Lipinski definition) is 3. The van der Waals surface area contributed by atoms with Gasteiger partial charge in [-0.25, -0.2) is 9.97 Å². The van der Waals surface area contributed by atoms with Crippen LogP contribution < -0.4 is 11.1 Å². The van der Waals surface area contributed by atoms with Gasteiger partial charge in [-0.3, -0.25) is 0 Å². The van der Waals surface area contributed by atoms with Crippen LogP contribution >= 0.6 is 0 Å². The maximum Gasteiger partial charge on any atom is 0.179 e. The van der Waals surface area contributed by atoms with E-state index in [1.807, 2.05) is 19.2 Å². The topological polar surface area (TPSA) is 79.6 Å². The van der Waals surface area contributed by atoms with Gasteiger partial charge >= 0.3 is 0 Å². The van der Waals surface area contributed by atoms with Crippen LogP contribution in [-0.4, -0.2) is 28.0 Å². The largest absolute Gasteiger partial charge is 0.373 e. The highest BCUT2D eigenvalue weighted by Crippen LogP contribution is 2.21. The lowest BCUT2D eigenvalue weighted by atomic mass is 9.85. The van der Waals surface area contributed by atoms with Crippen LogP contribution in [0.15, 0.2) is 12.1 Å². The van der Waals surface area contributed by atoms with E-state index in [-0.39, 0.29) is 11.5 Å². The number of aromatic amines is 1. The number of imidazole rings is 1. The van der Waals surface area contributed by atoms with Gasteiger partial charge in [-0.1, -0.05) is 20.8 Å². The van der Waals surface area contributed by atoms with Crippen LogP contribution in [0.25, 0.3) is 11.2 Å². The Morgan fingerprint density at radius 2 is 2.06 bits per heavy atom. The smallest absolute Gasteiger partial charge is 0.179 e. The summed E-state index contributed by atoms with van der Waals surface area (Å²) in [5.74, 6) is 1.72. The maximum absolute atomic E-state index is 6.17. The molecule has 5 heteroatoms. The highest BCUT2D eigenvalue weighted by molar-refractivity contribution is 5.72. The van der Waals surface area contributed by atoms with Crippen LogP contribution in [0.1, 0.15) is 26.6 Å². The lowest BCUT2D eigenvalue weighted by molar-refractivity contribution is 0.315. The molecule has 0 bridgehead atoms. The molecule has 0 aliphatic heterocycles. The monoisotopic (exact) mass is 247 g/mol. The van der Waals surface area contributed by atoms with E-state index in [0.29, 0.717) is 0 Å². The van der Waals surface area contributed by atoms with Gasteiger partial charge in [0, 0.05) is 19.5 Å². The highest BCUT2D eigenvalue weighted by Gasteiger charge is 2.22. The van der Waals surface area contributed by atoms with Gasteiger partial charge in [-0.2, -0.15) is 0 Å². The Balaban J connectivity index is 2.25. The van der Waals surface area contributed by atoms with Gasteiger partial charge in [0.2, 0.25) is 0 Å². The third kappa shape index (κ3) is 2.61. The molecule has 0 saturated carbocycles. The van der Waals surface area contributed by atoms with Crippen LogP contribution in [0.4, 0.5) is 5.82 Å². The normalized spacial score (nSPS) is 13.8. The standard InChI is InChI=1S/C13H21N5/c1-13(2,3)9(14)7-11-16-8-5-6-10(15-4)17-12(8)18-11/h5-6,9H,7,14H2,1-4H3,(H2,15,16,17,18). The second-order valence-electron chi connectivity index (χ2n) is 5.68. The van der Waals surface area contributed by atoms with Crippen LogP contribution in [0.5, 0.6) is 0 Å². The molecule has 2 heterocycles. The van der Waals surface area contributed by atoms with E-state index in [1.54, 1.807) is 0 Å². The Morgan fingerprint density at radius 3 is 2.67 bits per heavy atom. The van der Waals surface area contributed by atoms with E-state index < -0.39 is 0 Å². The van der Waals surface area contributed by atoms with Crippen LogP contribution in [-0.2, 0) is 6.42 Å². The van der Waals surface area contributed by atoms with Crippen molar-refractivity contribution in [2.24, 2.45) is 11.1 Å². The van der Waals surface area contributed by atoms with Crippen LogP contribution in [0.3, 0.4) is 0 Å². The zero-order valence-electron chi connectivity index (χ0n) is 11.4. The number of rotatable bonds is 3. The molecule has 0 aliphatic rings. The highest BCUT2D eigenvalue weighted by atomic mass is 15.0. The Kier molecular flexibility index (Phi) is 3.26. The Bertz CT molecular complexity index is 538. The number of anilines is 1. The maximum atomic E-state index is 6.17. The van der Waals surface area contributed by atoms with E-state index in [0.717, 1.165) is 29.2 Å². The molecular formula is C13H21N5. The van der Waals surface area contributed by atoms with Crippen molar-refractivity contribution in [2.75, 3.05) is 12.4 Å². The number of hydrogen-bond acceptors (Lipinski definition) is 4. The molecule has 2 aromatic rings. The summed E-state index contributed by atoms with van der Waals surface area (Å²) in [6, 6.07) is 3.98. The Labute approximate surface area is 107 Å². The molecule has 1 atom stereocenters. The number of aromatic nitrogens is 3. The molecule has 98 valence electrons. The molecule has 0 spiro atoms. The number of pyridine rings is 1. The summed E-state index contributed by atoms with van der Waals surface area (Å²) in [5, 5.41) is 3.00. The Hall–Kier alpha value is -1.62. The molecule has 4 N–H and O–H groups in total. The van der Waals surface area contributed by atoms with Gasteiger partial charge < -0.3 is 16.0 Å². The molecule has 0 radical (unpaired) electrons. The Morgan fingerprint density at radius 1 is 1.33 bits per heavy atom. The van der Waals surface area contributed by atoms with Crippen molar-refractivity contribution in [2.45, 2.75) is 33.2 Å². The number of nitrogens with one attached hydrogen (secondary N) is 2. The lowest BCUT2D eigenvalue weighted by Crippen LogP contribution is -2.37. The summed E-state index contributed by atoms with van der Waals surface area (Å²) < 4.78 is 0. The second kappa shape index (κ2) is 4.57. The quantitative estimate of drug-likeness (QED) is 0.774. The van der Waals surface area contributed by atoms with Crippen molar-refractivity contribution in [3.05, 3.63) is 18.0 Å². The summed E-state index contributed by atoms with van der Waals surface area (Å²) in [4.78, 5) is 12.1. The zero-order valence-corrected chi connectivity index (χ0v) is 11.4. The fourth-order valence-electron chi connectivity index (χ4n) is 1.69. The molecular weight excluding hydrogens is 226 g/mol. The van der Waals surface area contributed by atoms with E-state index in [1.165, 1.54) is 0 Å². The first kappa shape index (κ1) is 12.8. The molecule has 0 fully saturated rings. The average molecular weight is 247 g/mol. The fourth-order valence-corrected chi connectivity index (χ4v) is 1.69. The minimum absolute atomic E-state index is 0.0711. The molecule has 0 saturated heterocycles. The van der Waals surface area contributed by atoms with E-state index >= 15 is 0 Å². The third-order valence-electron chi connectivity index (χ3n) is 3.18. The lowest BCUT2D eigenvalue weighted by Gasteiger charge is -2.26. The summed E-state index contributed by atoms with van der Waals surface area (Å²) in [5.41, 5.74) is 7.92. The summed E-state index contributed by atoms with van der Waals surface area (Å²) >= 11 is 0. The molecule has 1 unspecified atom stereocenters. The predicted molar refractivity (Wildman–Crippen MR) is 74.6 cm³/mol. The van der Waals surface area contributed by atoms with Crippen molar-refractivity contribution in [1.29, 1.82) is 0 Å². The first-order valence-electron chi connectivity index (χ1n) is 6.19. The van der Waals surface area contributed by atoms with Crippen molar-refractivity contribution in [3.63, 3.8) is 0 Å². The van der Waals surface area contributed by atoms with E-state index in [4.69, 9.17) is 5.73 Å². The molecule has 0 aliphatic carbocycles. The van der Waals surface area contributed by atoms with Crippen LogP contribution in [0, 0.1) is 5.41 Å². The van der Waals surface area contributed by atoms with Crippen molar-refractivity contribution in [3.8, 4) is 0 Å². The van der Waals surface area contributed by atoms with Gasteiger partial charge in [-0.05, 0) is 17.5 Å². The van der Waals surface area contributed by atoms with E-state index in [2.05, 4.69) is 41.0 Å². The van der Waals surface area contributed by atoms with Crippen LogP contribution in [0.2, 0.25) is 0 Å². The first-order chi connectivity index (χ1) is 8.40. The minimum atomic E-state index is 0.0711. The SMILES string of the molecule is CNc1ccc2[nH]c(CC(N)C(C)(C)C)nc2n1. The molecule has 5 nitrogen and oxygen atoms in total. The average Bonchev–Trinajstić information content (AvgIpc) is 2.68. The van der Waals surface area contributed by atoms with Gasteiger partial charge in [0.05, 0.1) is 5.52 Å².